The van der Waals surface area contributed by atoms with Crippen LogP contribution in [0.5, 0.6) is 5.75 Å². The van der Waals surface area contributed by atoms with E-state index in [0.717, 1.165) is 10.9 Å². The number of halogens is 1. The van der Waals surface area contributed by atoms with Crippen molar-refractivity contribution in [3.63, 3.8) is 0 Å². The van der Waals surface area contributed by atoms with E-state index in [0.29, 0.717) is 29.1 Å². The Labute approximate surface area is 149 Å². The third-order valence-electron chi connectivity index (χ3n) is 3.31. The second-order valence-corrected chi connectivity index (χ2v) is 6.09. The molecular formula is C18H19BrN2O3. The van der Waals surface area contributed by atoms with Crippen molar-refractivity contribution in [2.45, 2.75) is 19.8 Å². The number of carbonyl (C=O) groups is 2. The first-order valence-electron chi connectivity index (χ1n) is 7.58. The molecule has 2 aromatic carbocycles. The Hall–Kier alpha value is -2.34. The highest BCUT2D eigenvalue weighted by Gasteiger charge is 2.13. The van der Waals surface area contributed by atoms with Gasteiger partial charge in [-0.15, -0.1) is 0 Å². The zero-order valence-corrected chi connectivity index (χ0v) is 15.1. The summed E-state index contributed by atoms with van der Waals surface area (Å²) in [4.78, 5) is 24.0. The first-order valence-corrected chi connectivity index (χ1v) is 8.37. The number of ether oxygens (including phenoxy) is 1. The number of amides is 2. The lowest BCUT2D eigenvalue weighted by atomic mass is 10.2. The van der Waals surface area contributed by atoms with E-state index in [4.69, 9.17) is 4.74 Å². The number of hydrogen-bond acceptors (Lipinski definition) is 3. The Kier molecular flexibility index (Phi) is 6.37. The molecule has 24 heavy (non-hydrogen) atoms. The minimum absolute atomic E-state index is 0.0202. The topological polar surface area (TPSA) is 67.4 Å². The molecule has 6 heteroatoms. The number of benzene rings is 2. The van der Waals surface area contributed by atoms with Gasteiger partial charge >= 0.3 is 0 Å². The molecule has 0 heterocycles. The van der Waals surface area contributed by atoms with Crippen LogP contribution in [-0.2, 0) is 4.79 Å². The molecule has 0 bridgehead atoms. The van der Waals surface area contributed by atoms with Crippen molar-refractivity contribution in [2.24, 2.45) is 0 Å². The minimum atomic E-state index is -0.268. The molecule has 2 amide bonds. The normalized spacial score (nSPS) is 10.1. The summed E-state index contributed by atoms with van der Waals surface area (Å²) < 4.78 is 6.01. The third-order valence-corrected chi connectivity index (χ3v) is 3.80. The number of carbonyl (C=O) groups excluding carboxylic acids is 2. The fourth-order valence-corrected chi connectivity index (χ4v) is 2.50. The maximum absolute atomic E-state index is 12.4. The molecule has 0 fully saturated rings. The number of hydrogen-bond donors (Lipinski definition) is 2. The summed E-state index contributed by atoms with van der Waals surface area (Å²) >= 11 is 3.35. The fraction of sp³-hybridized carbons (Fsp3) is 0.222. The predicted molar refractivity (Wildman–Crippen MR) is 98.6 cm³/mol. The first-order chi connectivity index (χ1) is 11.5. The standard InChI is InChI=1S/C18H19BrN2O3/c1-3-4-17(22)20-13-6-8-14(9-7-13)21-18(23)15-11-12(19)5-10-16(15)24-2/h5-11H,3-4H2,1-2H3,(H,20,22)(H,21,23). The van der Waals surface area contributed by atoms with Gasteiger partial charge < -0.3 is 15.4 Å². The predicted octanol–water partition coefficient (Wildman–Crippen LogP) is 4.45. The Balaban J connectivity index is 2.07. The second-order valence-electron chi connectivity index (χ2n) is 5.17. The van der Waals surface area contributed by atoms with Crippen molar-refractivity contribution < 1.29 is 14.3 Å². The summed E-state index contributed by atoms with van der Waals surface area (Å²) in [7, 11) is 1.52. The molecule has 2 rings (SSSR count). The van der Waals surface area contributed by atoms with Crippen molar-refractivity contribution in [1.82, 2.24) is 0 Å². The lowest BCUT2D eigenvalue weighted by molar-refractivity contribution is -0.116. The molecule has 0 unspecified atom stereocenters. The van der Waals surface area contributed by atoms with Crippen LogP contribution in [0, 0.1) is 0 Å². The van der Waals surface area contributed by atoms with Crippen LogP contribution in [0.2, 0.25) is 0 Å². The van der Waals surface area contributed by atoms with Crippen molar-refractivity contribution >= 4 is 39.1 Å². The first kappa shape index (κ1) is 18.0. The molecular weight excluding hydrogens is 372 g/mol. The molecule has 2 N–H and O–H groups in total. The van der Waals surface area contributed by atoms with Crippen LogP contribution in [0.25, 0.3) is 0 Å². The molecule has 0 atom stereocenters. The Morgan fingerprint density at radius 1 is 1.04 bits per heavy atom. The molecule has 126 valence electrons. The fourth-order valence-electron chi connectivity index (χ4n) is 2.14. The maximum Gasteiger partial charge on any atom is 0.259 e. The highest BCUT2D eigenvalue weighted by Crippen LogP contribution is 2.24. The van der Waals surface area contributed by atoms with Crippen molar-refractivity contribution in [3.8, 4) is 5.75 Å². The van der Waals surface area contributed by atoms with E-state index in [1.807, 2.05) is 13.0 Å². The number of nitrogens with one attached hydrogen (secondary N) is 2. The molecule has 0 aromatic heterocycles. The van der Waals surface area contributed by atoms with Crippen LogP contribution in [0.1, 0.15) is 30.1 Å². The summed E-state index contributed by atoms with van der Waals surface area (Å²) in [5, 5.41) is 5.62. The van der Waals surface area contributed by atoms with Crippen LogP contribution in [0.15, 0.2) is 46.9 Å². The highest BCUT2D eigenvalue weighted by molar-refractivity contribution is 9.10. The monoisotopic (exact) mass is 390 g/mol. The van der Waals surface area contributed by atoms with Crippen LogP contribution >= 0.6 is 15.9 Å². The Morgan fingerprint density at radius 2 is 1.67 bits per heavy atom. The third kappa shape index (κ3) is 4.83. The quantitative estimate of drug-likeness (QED) is 0.765. The van der Waals surface area contributed by atoms with E-state index in [1.54, 1.807) is 36.4 Å². The molecule has 0 saturated heterocycles. The Bertz CT molecular complexity index is 730. The van der Waals surface area contributed by atoms with E-state index >= 15 is 0 Å². The van der Waals surface area contributed by atoms with Gasteiger partial charge in [0.15, 0.2) is 0 Å². The van der Waals surface area contributed by atoms with E-state index in [2.05, 4.69) is 26.6 Å². The lowest BCUT2D eigenvalue weighted by Gasteiger charge is -2.10. The molecule has 0 spiro atoms. The summed E-state index contributed by atoms with van der Waals surface area (Å²) in [6, 6.07) is 12.2. The Morgan fingerprint density at radius 3 is 2.25 bits per heavy atom. The van der Waals surface area contributed by atoms with Crippen molar-refractivity contribution in [2.75, 3.05) is 17.7 Å². The van der Waals surface area contributed by atoms with Gasteiger partial charge in [0.1, 0.15) is 5.75 Å². The smallest absolute Gasteiger partial charge is 0.259 e. The van der Waals surface area contributed by atoms with E-state index in [-0.39, 0.29) is 11.8 Å². The zero-order valence-electron chi connectivity index (χ0n) is 13.6. The average molecular weight is 391 g/mol. The molecule has 0 radical (unpaired) electrons. The number of rotatable bonds is 6. The van der Waals surface area contributed by atoms with Gasteiger partial charge in [0, 0.05) is 22.3 Å². The lowest BCUT2D eigenvalue weighted by Crippen LogP contribution is -2.13. The van der Waals surface area contributed by atoms with Gasteiger partial charge in [-0.05, 0) is 48.9 Å². The molecule has 0 aliphatic carbocycles. The molecule has 0 aliphatic rings. The summed E-state index contributed by atoms with van der Waals surface area (Å²) in [6.45, 7) is 1.95. The summed E-state index contributed by atoms with van der Waals surface area (Å²) in [6.07, 6.45) is 1.29. The van der Waals surface area contributed by atoms with E-state index in [1.165, 1.54) is 7.11 Å². The minimum Gasteiger partial charge on any atom is -0.496 e. The number of methoxy groups -OCH3 is 1. The van der Waals surface area contributed by atoms with Gasteiger partial charge in [-0.1, -0.05) is 22.9 Å². The van der Waals surface area contributed by atoms with Crippen molar-refractivity contribution in [3.05, 3.63) is 52.5 Å². The van der Waals surface area contributed by atoms with Gasteiger partial charge in [0.25, 0.3) is 5.91 Å². The van der Waals surface area contributed by atoms with E-state index < -0.39 is 0 Å². The molecule has 5 nitrogen and oxygen atoms in total. The van der Waals surface area contributed by atoms with Gasteiger partial charge in [0.2, 0.25) is 5.91 Å². The maximum atomic E-state index is 12.4. The molecule has 2 aromatic rings. The summed E-state index contributed by atoms with van der Waals surface area (Å²) in [5.74, 6) is 0.211. The second kappa shape index (κ2) is 8.49. The SMILES string of the molecule is CCCC(=O)Nc1ccc(NC(=O)c2cc(Br)ccc2OC)cc1. The molecule has 0 saturated carbocycles. The van der Waals surface area contributed by atoms with Crippen LogP contribution in [-0.4, -0.2) is 18.9 Å². The van der Waals surface area contributed by atoms with Gasteiger partial charge in [-0.2, -0.15) is 0 Å². The van der Waals surface area contributed by atoms with Gasteiger partial charge in [-0.3, -0.25) is 9.59 Å². The summed E-state index contributed by atoms with van der Waals surface area (Å²) in [5.41, 5.74) is 1.77. The van der Waals surface area contributed by atoms with Gasteiger partial charge in [-0.25, -0.2) is 0 Å². The molecule has 0 aliphatic heterocycles. The largest absolute Gasteiger partial charge is 0.496 e. The van der Waals surface area contributed by atoms with Crippen molar-refractivity contribution in [1.29, 1.82) is 0 Å². The van der Waals surface area contributed by atoms with Gasteiger partial charge in [0.05, 0.1) is 12.7 Å². The highest BCUT2D eigenvalue weighted by atomic mass is 79.9. The van der Waals surface area contributed by atoms with Crippen LogP contribution in [0.3, 0.4) is 0 Å². The number of anilines is 2. The zero-order chi connectivity index (χ0) is 17.5. The van der Waals surface area contributed by atoms with Crippen LogP contribution < -0.4 is 15.4 Å². The average Bonchev–Trinajstić information content (AvgIpc) is 2.56. The van der Waals surface area contributed by atoms with Crippen LogP contribution in [0.4, 0.5) is 11.4 Å². The van der Waals surface area contributed by atoms with E-state index in [9.17, 15) is 9.59 Å².